The van der Waals surface area contributed by atoms with Gasteiger partial charge in [-0.1, -0.05) is 39.0 Å². The van der Waals surface area contributed by atoms with E-state index in [-0.39, 0.29) is 10.8 Å². The highest BCUT2D eigenvalue weighted by molar-refractivity contribution is 7.19. The molecule has 0 saturated heterocycles. The van der Waals surface area contributed by atoms with E-state index in [9.17, 15) is 0 Å². The molecule has 0 aliphatic heterocycles. The van der Waals surface area contributed by atoms with Crippen molar-refractivity contribution in [2.45, 2.75) is 68.9 Å². The van der Waals surface area contributed by atoms with Crippen LogP contribution in [0, 0.1) is 23.7 Å². The van der Waals surface area contributed by atoms with Gasteiger partial charge in [-0.15, -0.1) is 18.5 Å². The lowest BCUT2D eigenvalue weighted by molar-refractivity contribution is -0.0522. The van der Waals surface area contributed by atoms with Crippen LogP contribution >= 0.6 is 18.5 Å². The normalized spacial score (nSPS) is 29.5. The Kier molecular flexibility index (Phi) is 6.09. The van der Waals surface area contributed by atoms with Crippen LogP contribution in [0.15, 0.2) is 55.1 Å². The summed E-state index contributed by atoms with van der Waals surface area (Å²) in [5.74, 6) is 4.71. The van der Waals surface area contributed by atoms with Crippen LogP contribution < -0.4 is 0 Å². The Morgan fingerprint density at radius 2 is 1.42 bits per heavy atom. The summed E-state index contributed by atoms with van der Waals surface area (Å²) in [4.78, 5) is 19.2. The molecule has 0 amide bonds. The molecule has 0 radical (unpaired) electrons. The lowest BCUT2D eigenvalue weighted by Gasteiger charge is -2.62. The van der Waals surface area contributed by atoms with Crippen molar-refractivity contribution >= 4 is 18.5 Å². The van der Waals surface area contributed by atoms with Crippen LogP contribution in [-0.4, -0.2) is 26.1 Å². The largest absolute Gasteiger partial charge is 0.240 e. The van der Waals surface area contributed by atoms with Gasteiger partial charge >= 0.3 is 0 Å². The van der Waals surface area contributed by atoms with Crippen molar-refractivity contribution in [1.82, 2.24) is 19.9 Å². The minimum absolute atomic E-state index is 0.0232. The molecule has 5 atom stereocenters. The van der Waals surface area contributed by atoms with E-state index >= 15 is 0 Å². The van der Waals surface area contributed by atoms with Crippen molar-refractivity contribution in [2.75, 3.05) is 6.16 Å². The number of aromatic nitrogens is 4. The molecule has 4 fully saturated rings. The first kappa shape index (κ1) is 24.6. The average Bonchev–Trinajstić information content (AvgIpc) is 2.88. The van der Waals surface area contributed by atoms with Gasteiger partial charge in [0.05, 0.1) is 0 Å². The standard InChI is InChI=1S/C30H38N4P2/c1-28(2,3)22-6-7-23(29-16-19-12-20(17-29)14-21(13-19)25(29)18-35)24(15-22)30(36,26-31-8-4-9-32-26)27-33-10-5-11-34-27/h4-11,15,19-21,25H,12-14,16-18,35-36H2,1-3H3. The molecule has 4 saturated carbocycles. The summed E-state index contributed by atoms with van der Waals surface area (Å²) in [7, 11) is 6.25. The van der Waals surface area contributed by atoms with E-state index in [1.165, 1.54) is 48.8 Å². The van der Waals surface area contributed by atoms with Crippen LogP contribution in [0.2, 0.25) is 0 Å². The molecule has 0 spiro atoms. The number of hydrogen-bond donors (Lipinski definition) is 0. The zero-order valence-electron chi connectivity index (χ0n) is 21.7. The Bertz CT molecular complexity index is 1190. The molecule has 7 rings (SSSR count). The van der Waals surface area contributed by atoms with Gasteiger partial charge in [0, 0.05) is 24.8 Å². The molecule has 1 aromatic carbocycles. The second-order valence-electron chi connectivity index (χ2n) is 12.6. The molecule has 0 N–H and O–H groups in total. The Labute approximate surface area is 220 Å². The Balaban J connectivity index is 1.65. The summed E-state index contributed by atoms with van der Waals surface area (Å²) >= 11 is 0. The first-order valence-corrected chi connectivity index (χ1v) is 14.8. The van der Waals surface area contributed by atoms with Gasteiger partial charge in [-0.25, -0.2) is 19.9 Å². The molecule has 36 heavy (non-hydrogen) atoms. The number of benzene rings is 1. The van der Waals surface area contributed by atoms with Crippen molar-refractivity contribution in [3.63, 3.8) is 0 Å². The Morgan fingerprint density at radius 1 is 0.861 bits per heavy atom. The molecule has 188 valence electrons. The lowest BCUT2D eigenvalue weighted by atomic mass is 9.43. The fourth-order valence-electron chi connectivity index (χ4n) is 8.10. The minimum atomic E-state index is -0.728. The Hall–Kier alpha value is -1.76. The third-order valence-electron chi connectivity index (χ3n) is 9.46. The van der Waals surface area contributed by atoms with E-state index in [2.05, 4.69) is 57.4 Å². The SMILES string of the molecule is CC(C)(C)c1ccc(C23CC4CC(CC(C4)C2CP)C3)c(C(P)(c2ncccn2)c2ncccn2)c1. The minimum Gasteiger partial charge on any atom is -0.240 e. The summed E-state index contributed by atoms with van der Waals surface area (Å²) in [6.45, 7) is 6.89. The van der Waals surface area contributed by atoms with Gasteiger partial charge in [-0.3, -0.25) is 0 Å². The van der Waals surface area contributed by atoms with Crippen LogP contribution in [-0.2, 0) is 16.0 Å². The van der Waals surface area contributed by atoms with Crippen LogP contribution in [0.5, 0.6) is 0 Å². The van der Waals surface area contributed by atoms with E-state index in [4.69, 9.17) is 19.9 Å². The van der Waals surface area contributed by atoms with Crippen LogP contribution in [0.1, 0.15) is 81.2 Å². The predicted octanol–water partition coefficient (Wildman–Crippen LogP) is 6.30. The highest BCUT2D eigenvalue weighted by Crippen LogP contribution is 2.65. The fraction of sp³-hybridized carbons (Fsp3) is 0.533. The highest BCUT2D eigenvalue weighted by atomic mass is 31.0. The third kappa shape index (κ3) is 3.78. The van der Waals surface area contributed by atoms with Crippen LogP contribution in [0.4, 0.5) is 0 Å². The van der Waals surface area contributed by atoms with E-state index in [1.54, 1.807) is 0 Å². The van der Waals surface area contributed by atoms with E-state index in [0.717, 1.165) is 35.6 Å². The zero-order valence-corrected chi connectivity index (χ0v) is 24.0. The topological polar surface area (TPSA) is 51.6 Å². The molecular weight excluding hydrogens is 478 g/mol. The van der Waals surface area contributed by atoms with E-state index in [1.807, 2.05) is 36.9 Å². The summed E-state index contributed by atoms with van der Waals surface area (Å²) in [5, 5.41) is -0.728. The Morgan fingerprint density at radius 3 is 1.92 bits per heavy atom. The second-order valence-corrected chi connectivity index (χ2v) is 13.9. The first-order chi connectivity index (χ1) is 17.3. The van der Waals surface area contributed by atoms with Gasteiger partial charge in [0.25, 0.3) is 0 Å². The molecule has 4 aliphatic rings. The van der Waals surface area contributed by atoms with Crippen LogP contribution in [0.25, 0.3) is 0 Å². The molecular formula is C30H38N4P2. The van der Waals surface area contributed by atoms with Gasteiger partial charge < -0.3 is 0 Å². The van der Waals surface area contributed by atoms with Crippen molar-refractivity contribution < 1.29 is 0 Å². The molecule has 4 nitrogen and oxygen atoms in total. The van der Waals surface area contributed by atoms with E-state index < -0.39 is 5.16 Å². The first-order valence-electron chi connectivity index (χ1n) is 13.4. The van der Waals surface area contributed by atoms with Gasteiger partial charge in [0.2, 0.25) is 0 Å². The molecule has 4 aliphatic carbocycles. The predicted molar refractivity (Wildman–Crippen MR) is 152 cm³/mol. The second kappa shape index (κ2) is 8.92. The molecule has 5 unspecified atom stereocenters. The maximum absolute atomic E-state index is 4.81. The number of rotatable bonds is 5. The summed E-state index contributed by atoms with van der Waals surface area (Å²) < 4.78 is 0. The molecule has 4 bridgehead atoms. The van der Waals surface area contributed by atoms with Gasteiger partial charge in [0.1, 0.15) is 16.8 Å². The van der Waals surface area contributed by atoms with Crippen molar-refractivity contribution in [3.05, 3.63) is 83.5 Å². The van der Waals surface area contributed by atoms with Crippen molar-refractivity contribution in [3.8, 4) is 0 Å². The van der Waals surface area contributed by atoms with Crippen molar-refractivity contribution in [2.24, 2.45) is 23.7 Å². The molecule has 2 heterocycles. The van der Waals surface area contributed by atoms with Gasteiger partial charge in [0.15, 0.2) is 0 Å². The smallest absolute Gasteiger partial charge is 0.150 e. The summed E-state index contributed by atoms with van der Waals surface area (Å²) in [5.41, 5.74) is 4.29. The lowest BCUT2D eigenvalue weighted by Crippen LogP contribution is -2.56. The number of nitrogens with zero attached hydrogens (tertiary/aromatic N) is 4. The zero-order chi connectivity index (χ0) is 25.1. The van der Waals surface area contributed by atoms with Crippen molar-refractivity contribution in [1.29, 1.82) is 0 Å². The molecule has 3 aromatic rings. The van der Waals surface area contributed by atoms with Gasteiger partial charge in [-0.05, 0) is 102 Å². The number of hydrogen-bond acceptors (Lipinski definition) is 4. The van der Waals surface area contributed by atoms with Crippen LogP contribution in [0.3, 0.4) is 0 Å². The fourth-order valence-corrected chi connectivity index (χ4v) is 9.47. The molecule has 6 heteroatoms. The average molecular weight is 517 g/mol. The quantitative estimate of drug-likeness (QED) is 0.374. The highest BCUT2D eigenvalue weighted by Gasteiger charge is 2.58. The van der Waals surface area contributed by atoms with E-state index in [0.29, 0.717) is 5.92 Å². The summed E-state index contributed by atoms with van der Waals surface area (Å²) in [6.07, 6.45) is 15.4. The monoisotopic (exact) mass is 516 g/mol. The maximum Gasteiger partial charge on any atom is 0.150 e. The third-order valence-corrected chi connectivity index (χ3v) is 10.8. The van der Waals surface area contributed by atoms with Gasteiger partial charge in [-0.2, -0.15) is 0 Å². The molecule has 2 aromatic heterocycles. The maximum atomic E-state index is 4.81. The summed E-state index contributed by atoms with van der Waals surface area (Å²) in [6, 6.07) is 11.1.